The average Bonchev–Trinajstić information content (AvgIpc) is 2.21. The summed E-state index contributed by atoms with van der Waals surface area (Å²) in [5, 5.41) is 3.84. The van der Waals surface area contributed by atoms with E-state index in [1.54, 1.807) is 0 Å². The Morgan fingerprint density at radius 1 is 1.54 bits per heavy atom. The predicted octanol–water partition coefficient (Wildman–Crippen LogP) is 0.327. The van der Waals surface area contributed by atoms with Gasteiger partial charge < -0.3 is 14.5 Å². The van der Waals surface area contributed by atoms with Crippen LogP contribution in [0.1, 0.15) is 6.92 Å². The highest BCUT2D eigenvalue weighted by Gasteiger charge is 2.13. The van der Waals surface area contributed by atoms with E-state index in [4.69, 9.17) is 9.57 Å². The molecule has 0 aromatic rings. The minimum absolute atomic E-state index is 0.545. The molecular weight excluding hydrogens is 170 g/mol. The highest BCUT2D eigenvalue weighted by Crippen LogP contribution is 1.99. The van der Waals surface area contributed by atoms with Crippen molar-refractivity contribution >= 4 is 12.7 Å². The molecule has 0 amide bonds. The Kier molecular flexibility index (Phi) is 4.25. The van der Waals surface area contributed by atoms with Crippen LogP contribution < -0.4 is 0 Å². The fraction of sp³-hybridized carbons (Fsp3) is 0.750. The van der Waals surface area contributed by atoms with E-state index in [0.29, 0.717) is 25.8 Å². The molecule has 74 valence electrons. The summed E-state index contributed by atoms with van der Waals surface area (Å²) in [4.78, 5) is 10.7. The monoisotopic (exact) mass is 185 g/mol. The van der Waals surface area contributed by atoms with E-state index in [1.807, 2.05) is 11.8 Å². The Morgan fingerprint density at radius 3 is 2.77 bits per heavy atom. The van der Waals surface area contributed by atoms with E-state index in [0.717, 1.165) is 13.1 Å². The first-order valence-corrected chi connectivity index (χ1v) is 4.38. The second kappa shape index (κ2) is 5.53. The lowest BCUT2D eigenvalue weighted by atomic mass is 10.4. The molecule has 1 saturated heterocycles. The first-order chi connectivity index (χ1) is 6.38. The van der Waals surface area contributed by atoms with Crippen LogP contribution in [0.25, 0.3) is 0 Å². The van der Waals surface area contributed by atoms with Gasteiger partial charge in [0, 0.05) is 13.1 Å². The molecule has 0 aliphatic carbocycles. The summed E-state index contributed by atoms with van der Waals surface area (Å²) < 4.78 is 5.20. The van der Waals surface area contributed by atoms with Crippen LogP contribution in [0.3, 0.4) is 0 Å². The molecule has 0 bridgehead atoms. The lowest BCUT2D eigenvalue weighted by Gasteiger charge is -2.26. The topological polar surface area (TPSA) is 46.4 Å². The molecule has 0 atom stereocenters. The molecule has 1 aliphatic rings. The van der Waals surface area contributed by atoms with Gasteiger partial charge in [0.2, 0.25) is 0 Å². The van der Waals surface area contributed by atoms with Crippen molar-refractivity contribution in [3.8, 4) is 0 Å². The first kappa shape index (κ1) is 9.98. The average molecular weight is 185 g/mol. The smallest absolute Gasteiger partial charge is 0.261 e. The second-order valence-corrected chi connectivity index (χ2v) is 2.57. The fourth-order valence-corrected chi connectivity index (χ4v) is 1.07. The number of hydrogen-bond acceptors (Lipinski definition) is 3. The third-order valence-corrected chi connectivity index (χ3v) is 1.71. The molecule has 1 fully saturated rings. The van der Waals surface area contributed by atoms with E-state index in [2.05, 4.69) is 16.9 Å². The third-order valence-electron chi connectivity index (χ3n) is 1.71. The second-order valence-electron chi connectivity index (χ2n) is 2.57. The van der Waals surface area contributed by atoms with E-state index < -0.39 is 0 Å². The normalized spacial score (nSPS) is 18.5. The summed E-state index contributed by atoms with van der Waals surface area (Å²) in [6.45, 7) is 8.88. The van der Waals surface area contributed by atoms with Crippen molar-refractivity contribution < 1.29 is 9.57 Å². The maximum atomic E-state index is 5.20. The number of guanidine groups is 1. The van der Waals surface area contributed by atoms with Gasteiger partial charge >= 0.3 is 0 Å². The molecule has 0 aromatic carbocycles. The van der Waals surface area contributed by atoms with Gasteiger partial charge in [0.1, 0.15) is 6.61 Å². The van der Waals surface area contributed by atoms with Crippen molar-refractivity contribution in [1.29, 1.82) is 0 Å². The number of rotatable bonds is 2. The van der Waals surface area contributed by atoms with Crippen LogP contribution in [0.2, 0.25) is 0 Å². The number of morpholine rings is 1. The molecule has 0 saturated carbocycles. The van der Waals surface area contributed by atoms with E-state index >= 15 is 0 Å². The Balaban J connectivity index is 2.48. The molecule has 0 radical (unpaired) electrons. The summed E-state index contributed by atoms with van der Waals surface area (Å²) in [6, 6.07) is 0. The molecular formula is C8H15N3O2. The van der Waals surface area contributed by atoms with Crippen molar-refractivity contribution in [2.75, 3.05) is 32.9 Å². The standard InChI is InChI=1S/C8H15N3O2/c1-3-13-10-8(9-2)11-4-6-12-7-5-11/h2-7H2,1H3/b10-8+. The molecule has 13 heavy (non-hydrogen) atoms. The minimum atomic E-state index is 0.545. The fourth-order valence-electron chi connectivity index (χ4n) is 1.07. The maximum absolute atomic E-state index is 5.20. The summed E-state index contributed by atoms with van der Waals surface area (Å²) in [5.41, 5.74) is 0. The van der Waals surface area contributed by atoms with Gasteiger partial charge in [-0.1, -0.05) is 0 Å². The van der Waals surface area contributed by atoms with Crippen LogP contribution in [-0.2, 0) is 9.57 Å². The van der Waals surface area contributed by atoms with E-state index in [9.17, 15) is 0 Å². The number of nitrogens with zero attached hydrogens (tertiary/aromatic N) is 3. The van der Waals surface area contributed by atoms with Crippen LogP contribution in [0.5, 0.6) is 0 Å². The SMILES string of the molecule is C=N/C(=N\OCC)N1CCOCC1. The van der Waals surface area contributed by atoms with Gasteiger partial charge in [-0.05, 0) is 18.8 Å². The van der Waals surface area contributed by atoms with Crippen molar-refractivity contribution in [1.82, 2.24) is 4.90 Å². The highest BCUT2D eigenvalue weighted by molar-refractivity contribution is 5.83. The molecule has 0 aromatic heterocycles. The third kappa shape index (κ3) is 3.02. The van der Waals surface area contributed by atoms with Gasteiger partial charge in [0.05, 0.1) is 13.2 Å². The summed E-state index contributed by atoms with van der Waals surface area (Å²) in [7, 11) is 0. The van der Waals surface area contributed by atoms with Gasteiger partial charge in [0.15, 0.2) is 0 Å². The van der Waals surface area contributed by atoms with Crippen molar-refractivity contribution in [3.05, 3.63) is 0 Å². The molecule has 1 heterocycles. The van der Waals surface area contributed by atoms with Crippen LogP contribution in [0.15, 0.2) is 10.1 Å². The number of hydrogen-bond donors (Lipinski definition) is 0. The lowest BCUT2D eigenvalue weighted by molar-refractivity contribution is 0.0638. The van der Waals surface area contributed by atoms with Gasteiger partial charge in [-0.25, -0.2) is 4.99 Å². The largest absolute Gasteiger partial charge is 0.393 e. The Labute approximate surface area is 78.0 Å². The van der Waals surface area contributed by atoms with Crippen LogP contribution in [0.4, 0.5) is 0 Å². The van der Waals surface area contributed by atoms with Crippen LogP contribution in [0, 0.1) is 0 Å². The highest BCUT2D eigenvalue weighted by atomic mass is 16.6. The Hall–Kier alpha value is -1.10. The maximum Gasteiger partial charge on any atom is 0.261 e. The van der Waals surface area contributed by atoms with Crippen molar-refractivity contribution in [3.63, 3.8) is 0 Å². The predicted molar refractivity (Wildman–Crippen MR) is 51.0 cm³/mol. The number of aliphatic imine (C=N–C) groups is 1. The van der Waals surface area contributed by atoms with Gasteiger partial charge in [-0.3, -0.25) is 0 Å². The summed E-state index contributed by atoms with van der Waals surface area (Å²) >= 11 is 0. The number of oxime groups is 1. The minimum Gasteiger partial charge on any atom is -0.393 e. The lowest BCUT2D eigenvalue weighted by Crippen LogP contribution is -2.40. The zero-order chi connectivity index (χ0) is 9.52. The van der Waals surface area contributed by atoms with Crippen molar-refractivity contribution in [2.24, 2.45) is 10.1 Å². The van der Waals surface area contributed by atoms with E-state index in [-0.39, 0.29) is 0 Å². The molecule has 1 rings (SSSR count). The summed E-state index contributed by atoms with van der Waals surface area (Å²) in [6.07, 6.45) is 0. The zero-order valence-electron chi connectivity index (χ0n) is 7.90. The van der Waals surface area contributed by atoms with Gasteiger partial charge in [0.25, 0.3) is 5.96 Å². The first-order valence-electron chi connectivity index (χ1n) is 4.38. The Morgan fingerprint density at radius 2 is 2.23 bits per heavy atom. The van der Waals surface area contributed by atoms with Crippen LogP contribution in [-0.4, -0.2) is 50.5 Å². The molecule has 0 spiro atoms. The molecule has 0 N–H and O–H groups in total. The van der Waals surface area contributed by atoms with Crippen LogP contribution >= 0.6 is 0 Å². The van der Waals surface area contributed by atoms with Gasteiger partial charge in [-0.2, -0.15) is 0 Å². The molecule has 5 heteroatoms. The molecule has 0 unspecified atom stereocenters. The Bertz CT molecular complexity index is 188. The zero-order valence-corrected chi connectivity index (χ0v) is 7.90. The van der Waals surface area contributed by atoms with Gasteiger partial charge in [-0.15, -0.1) is 0 Å². The molecule has 5 nitrogen and oxygen atoms in total. The molecule has 1 aliphatic heterocycles. The summed E-state index contributed by atoms with van der Waals surface area (Å²) in [5.74, 6) is 0.546. The number of ether oxygens (including phenoxy) is 1. The quantitative estimate of drug-likeness (QED) is 0.354. The van der Waals surface area contributed by atoms with Crippen molar-refractivity contribution in [2.45, 2.75) is 6.92 Å². The van der Waals surface area contributed by atoms with E-state index in [1.165, 1.54) is 0 Å².